The zero-order valence-corrected chi connectivity index (χ0v) is 13.9. The van der Waals surface area contributed by atoms with Crippen molar-refractivity contribution in [1.29, 1.82) is 0 Å². The number of aromatic hydroxyl groups is 1. The molecule has 0 aliphatic carbocycles. The van der Waals surface area contributed by atoms with Crippen LogP contribution < -0.4 is 10.6 Å². The van der Waals surface area contributed by atoms with Gasteiger partial charge in [0, 0.05) is 12.7 Å². The fourth-order valence-corrected chi connectivity index (χ4v) is 2.13. The number of nitrogens with one attached hydrogen (secondary N) is 2. The van der Waals surface area contributed by atoms with E-state index in [0.717, 1.165) is 0 Å². The predicted octanol–water partition coefficient (Wildman–Crippen LogP) is 1.15. The summed E-state index contributed by atoms with van der Waals surface area (Å²) >= 11 is 0. The van der Waals surface area contributed by atoms with Crippen molar-refractivity contribution in [1.82, 2.24) is 15.6 Å². The Balaban J connectivity index is 2.27. The molecular formula is C17H20N4O3. The Morgan fingerprint density at radius 3 is 2.83 bits per heavy atom. The molecule has 0 spiro atoms. The van der Waals surface area contributed by atoms with Crippen molar-refractivity contribution in [3.05, 3.63) is 41.9 Å². The first-order valence-electron chi connectivity index (χ1n) is 7.52. The highest BCUT2D eigenvalue weighted by Crippen LogP contribution is 2.28. The molecule has 0 radical (unpaired) electrons. The summed E-state index contributed by atoms with van der Waals surface area (Å²) in [4.78, 5) is 32.5. The lowest BCUT2D eigenvalue weighted by atomic mass is 9.89. The van der Waals surface area contributed by atoms with E-state index in [1.54, 1.807) is 13.0 Å². The third-order valence-corrected chi connectivity index (χ3v) is 4.02. The van der Waals surface area contributed by atoms with Crippen LogP contribution in [0.4, 0.5) is 0 Å². The largest absolute Gasteiger partial charge is 0.506 e. The van der Waals surface area contributed by atoms with Crippen LogP contribution in [0.2, 0.25) is 0 Å². The monoisotopic (exact) mass is 328 g/mol. The first kappa shape index (κ1) is 17.4. The maximum Gasteiger partial charge on any atom is 0.253 e. The van der Waals surface area contributed by atoms with Crippen molar-refractivity contribution >= 4 is 17.6 Å². The van der Waals surface area contributed by atoms with Crippen LogP contribution in [-0.2, 0) is 4.79 Å². The van der Waals surface area contributed by atoms with Crippen LogP contribution in [0.15, 0.2) is 35.6 Å². The number of hydrogen-bond donors (Lipinski definition) is 3. The molecule has 2 heterocycles. The van der Waals surface area contributed by atoms with Gasteiger partial charge in [-0.25, -0.2) is 9.98 Å². The average Bonchev–Trinajstić information content (AvgIpc) is 2.84. The number of amides is 2. The van der Waals surface area contributed by atoms with E-state index in [4.69, 9.17) is 0 Å². The highest BCUT2D eigenvalue weighted by molar-refractivity contribution is 6.15. The van der Waals surface area contributed by atoms with Gasteiger partial charge < -0.3 is 15.7 Å². The van der Waals surface area contributed by atoms with Gasteiger partial charge in [-0.15, -0.1) is 5.73 Å². The second-order valence-electron chi connectivity index (χ2n) is 5.93. The van der Waals surface area contributed by atoms with Crippen LogP contribution in [-0.4, -0.2) is 39.8 Å². The topological polar surface area (TPSA) is 104 Å². The van der Waals surface area contributed by atoms with Gasteiger partial charge in [0.1, 0.15) is 17.0 Å². The van der Waals surface area contributed by atoms with Gasteiger partial charge in [0.2, 0.25) is 0 Å². The Bertz CT molecular complexity index is 763. The normalized spacial score (nSPS) is 19.5. The molecule has 0 saturated carbocycles. The van der Waals surface area contributed by atoms with Crippen molar-refractivity contribution in [3.63, 3.8) is 0 Å². The molecule has 0 saturated heterocycles. The molecule has 1 aliphatic heterocycles. The number of hydrogen-bond acceptors (Lipinski definition) is 5. The summed E-state index contributed by atoms with van der Waals surface area (Å²) in [6.45, 7) is 9.19. The van der Waals surface area contributed by atoms with E-state index in [2.05, 4.69) is 32.9 Å². The van der Waals surface area contributed by atoms with Gasteiger partial charge in [0.05, 0.1) is 5.56 Å². The third kappa shape index (κ3) is 3.21. The van der Waals surface area contributed by atoms with E-state index in [-0.39, 0.29) is 47.1 Å². The molecule has 2 amide bonds. The van der Waals surface area contributed by atoms with Crippen molar-refractivity contribution in [2.24, 2.45) is 10.9 Å². The fraction of sp³-hybridized carbons (Fsp3) is 0.353. The van der Waals surface area contributed by atoms with E-state index in [0.29, 0.717) is 0 Å². The van der Waals surface area contributed by atoms with Crippen molar-refractivity contribution < 1.29 is 14.7 Å². The van der Waals surface area contributed by atoms with E-state index in [9.17, 15) is 14.7 Å². The predicted molar refractivity (Wildman–Crippen MR) is 89.9 cm³/mol. The molecule has 1 atom stereocenters. The van der Waals surface area contributed by atoms with Crippen LogP contribution >= 0.6 is 0 Å². The zero-order valence-electron chi connectivity index (χ0n) is 13.9. The van der Waals surface area contributed by atoms with Gasteiger partial charge in [0.25, 0.3) is 11.8 Å². The van der Waals surface area contributed by atoms with Gasteiger partial charge in [-0.1, -0.05) is 20.4 Å². The average molecular weight is 328 g/mol. The molecule has 126 valence electrons. The highest BCUT2D eigenvalue weighted by atomic mass is 16.3. The molecule has 24 heavy (non-hydrogen) atoms. The minimum atomic E-state index is -0.906. The summed E-state index contributed by atoms with van der Waals surface area (Å²) in [5.74, 6) is -0.670. The first-order chi connectivity index (χ1) is 11.3. The van der Waals surface area contributed by atoms with Crippen LogP contribution in [0.5, 0.6) is 5.75 Å². The Morgan fingerprint density at radius 2 is 2.29 bits per heavy atom. The molecule has 1 aliphatic rings. The smallest absolute Gasteiger partial charge is 0.253 e. The van der Waals surface area contributed by atoms with Crippen LogP contribution in [0.3, 0.4) is 0 Å². The second kappa shape index (κ2) is 6.68. The summed E-state index contributed by atoms with van der Waals surface area (Å²) in [6.07, 6.45) is 2.89. The fourth-order valence-electron chi connectivity index (χ4n) is 2.13. The van der Waals surface area contributed by atoms with Crippen LogP contribution in [0.25, 0.3) is 0 Å². The molecule has 1 aromatic rings. The molecule has 1 unspecified atom stereocenters. The molecule has 7 heteroatoms. The minimum Gasteiger partial charge on any atom is -0.506 e. The number of aromatic nitrogens is 1. The van der Waals surface area contributed by atoms with Crippen molar-refractivity contribution in [3.8, 4) is 5.75 Å². The lowest BCUT2D eigenvalue weighted by molar-refractivity contribution is -0.124. The summed E-state index contributed by atoms with van der Waals surface area (Å²) in [5, 5.41) is 15.4. The Morgan fingerprint density at radius 1 is 1.58 bits per heavy atom. The lowest BCUT2D eigenvalue weighted by Crippen LogP contribution is -2.41. The summed E-state index contributed by atoms with van der Waals surface area (Å²) in [6, 6.07) is 1.29. The van der Waals surface area contributed by atoms with E-state index in [1.165, 1.54) is 12.3 Å². The standard InChI is InChI=1S/C17H20N4O3/c1-5-6-7-18-15(23)11-8-12(22)13(19-9-11)14-20-16(24)17(4,21-14)10(2)3/h6,8-10,22H,1,7H2,2-4H3,(H,18,23)(H,20,21,24). The third-order valence-electron chi connectivity index (χ3n) is 4.02. The van der Waals surface area contributed by atoms with Gasteiger partial charge in [0.15, 0.2) is 5.84 Å². The van der Waals surface area contributed by atoms with Gasteiger partial charge in [-0.2, -0.15) is 0 Å². The minimum absolute atomic E-state index is 0.0138. The first-order valence-corrected chi connectivity index (χ1v) is 7.52. The number of nitrogens with zero attached hydrogens (tertiary/aromatic N) is 2. The van der Waals surface area contributed by atoms with Gasteiger partial charge in [-0.05, 0) is 25.0 Å². The number of pyridine rings is 1. The number of aliphatic imine (C=N–C) groups is 1. The Hall–Kier alpha value is -2.92. The molecule has 0 bridgehead atoms. The zero-order chi connectivity index (χ0) is 17.9. The van der Waals surface area contributed by atoms with Crippen molar-refractivity contribution in [2.45, 2.75) is 26.3 Å². The maximum atomic E-state index is 12.1. The van der Waals surface area contributed by atoms with Crippen molar-refractivity contribution in [2.75, 3.05) is 6.54 Å². The Labute approximate surface area is 140 Å². The molecule has 3 N–H and O–H groups in total. The number of carbonyl (C=O) groups is 2. The van der Waals surface area contributed by atoms with Crippen LogP contribution in [0.1, 0.15) is 36.8 Å². The summed E-state index contributed by atoms with van der Waals surface area (Å²) < 4.78 is 0. The molecule has 2 rings (SSSR count). The number of carbonyl (C=O) groups excluding carboxylic acids is 2. The molecular weight excluding hydrogens is 308 g/mol. The maximum absolute atomic E-state index is 12.1. The van der Waals surface area contributed by atoms with E-state index in [1.807, 2.05) is 13.8 Å². The number of rotatable bonds is 5. The molecule has 0 fully saturated rings. The van der Waals surface area contributed by atoms with E-state index < -0.39 is 5.54 Å². The van der Waals surface area contributed by atoms with Crippen LogP contribution in [0, 0.1) is 5.92 Å². The lowest BCUT2D eigenvalue weighted by Gasteiger charge is -2.21. The quantitative estimate of drug-likeness (QED) is 0.705. The van der Waals surface area contributed by atoms with E-state index >= 15 is 0 Å². The Kier molecular flexibility index (Phi) is 4.85. The molecule has 7 nitrogen and oxygen atoms in total. The van der Waals surface area contributed by atoms with Gasteiger partial charge in [-0.3, -0.25) is 9.59 Å². The highest BCUT2D eigenvalue weighted by Gasteiger charge is 2.42. The summed E-state index contributed by atoms with van der Waals surface area (Å²) in [7, 11) is 0. The summed E-state index contributed by atoms with van der Waals surface area (Å²) in [5.41, 5.74) is 1.97. The molecule has 1 aromatic heterocycles. The second-order valence-corrected chi connectivity index (χ2v) is 5.93. The molecule has 0 aromatic carbocycles. The SMILES string of the molecule is C=C=CCNC(=O)c1cnc(C2=NC(C)(C(C)C)C(=O)N2)c(O)c1. The van der Waals surface area contributed by atoms with Gasteiger partial charge >= 0.3 is 0 Å². The number of amidine groups is 1.